The quantitative estimate of drug-likeness (QED) is 0.796. The van der Waals surface area contributed by atoms with Crippen LogP contribution in [0.2, 0.25) is 0 Å². The van der Waals surface area contributed by atoms with Crippen LogP contribution in [0.5, 0.6) is 5.75 Å². The maximum atomic E-state index is 12.5. The van der Waals surface area contributed by atoms with Crippen LogP contribution in [0.3, 0.4) is 0 Å². The summed E-state index contributed by atoms with van der Waals surface area (Å²) in [5.74, 6) is 1.49. The number of H-pyrrole nitrogens is 1. The number of aromatic nitrogens is 3. The minimum atomic E-state index is -0.225. The van der Waals surface area contributed by atoms with E-state index < -0.39 is 0 Å². The molecule has 0 aliphatic heterocycles. The minimum Gasteiger partial charge on any atom is -0.497 e. The number of hydrogen-bond acceptors (Lipinski definition) is 4. The number of benzene rings is 1. The molecular formula is C16H22N4O2S. The molecule has 0 saturated carbocycles. The molecule has 1 atom stereocenters. The van der Waals surface area contributed by atoms with Crippen molar-refractivity contribution in [3.8, 4) is 5.75 Å². The fraction of sp³-hybridized carbons (Fsp3) is 0.438. The van der Waals surface area contributed by atoms with E-state index in [-0.39, 0.29) is 17.9 Å². The topological polar surface area (TPSA) is 71.9 Å². The number of ether oxygens (including phenoxy) is 1. The summed E-state index contributed by atoms with van der Waals surface area (Å²) >= 11 is 5.23. The molecule has 0 saturated heterocycles. The number of hydrogen-bond donors (Lipinski definition) is 2. The van der Waals surface area contributed by atoms with Crippen molar-refractivity contribution < 1.29 is 9.53 Å². The van der Waals surface area contributed by atoms with Gasteiger partial charge in [0.05, 0.1) is 13.2 Å². The third-order valence-electron chi connectivity index (χ3n) is 3.69. The van der Waals surface area contributed by atoms with Gasteiger partial charge in [-0.3, -0.25) is 9.89 Å². The Labute approximate surface area is 140 Å². The first-order valence-corrected chi connectivity index (χ1v) is 7.98. The Morgan fingerprint density at radius 1 is 1.39 bits per heavy atom. The van der Waals surface area contributed by atoms with Crippen molar-refractivity contribution in [3.63, 3.8) is 0 Å². The first-order chi connectivity index (χ1) is 11.0. The molecule has 0 fully saturated rings. The van der Waals surface area contributed by atoms with Crippen molar-refractivity contribution in [1.82, 2.24) is 20.1 Å². The monoisotopic (exact) mass is 334 g/mol. The molecule has 0 spiro atoms. The van der Waals surface area contributed by atoms with E-state index in [1.807, 2.05) is 25.3 Å². The van der Waals surface area contributed by atoms with E-state index in [4.69, 9.17) is 17.0 Å². The van der Waals surface area contributed by atoms with Gasteiger partial charge in [0.25, 0.3) is 5.91 Å². The summed E-state index contributed by atoms with van der Waals surface area (Å²) in [6, 6.07) is 6.78. The molecule has 0 bridgehead atoms. The van der Waals surface area contributed by atoms with Gasteiger partial charge in [-0.15, -0.1) is 0 Å². The molecule has 1 aromatic heterocycles. The SMILES string of the molecule is CCn1c([C@@H](NC(=O)c2ccc(OC)cc2)C(C)C)n[nH]c1=S. The number of aromatic amines is 1. The van der Waals surface area contributed by atoms with E-state index in [9.17, 15) is 4.79 Å². The normalized spacial score (nSPS) is 12.2. The second kappa shape index (κ2) is 7.41. The van der Waals surface area contributed by atoms with Crippen LogP contribution in [-0.4, -0.2) is 27.8 Å². The predicted molar refractivity (Wildman–Crippen MR) is 91.1 cm³/mol. The molecule has 0 aliphatic carbocycles. The molecule has 1 aromatic carbocycles. The third-order valence-corrected chi connectivity index (χ3v) is 4.00. The molecule has 23 heavy (non-hydrogen) atoms. The maximum absolute atomic E-state index is 12.5. The summed E-state index contributed by atoms with van der Waals surface area (Å²) in [4.78, 5) is 12.5. The van der Waals surface area contributed by atoms with E-state index in [1.54, 1.807) is 31.4 Å². The molecule has 6 nitrogen and oxygen atoms in total. The molecule has 0 unspecified atom stereocenters. The Morgan fingerprint density at radius 2 is 2.04 bits per heavy atom. The van der Waals surface area contributed by atoms with Gasteiger partial charge in [-0.1, -0.05) is 13.8 Å². The zero-order valence-corrected chi connectivity index (χ0v) is 14.6. The first-order valence-electron chi connectivity index (χ1n) is 7.58. The van der Waals surface area contributed by atoms with Gasteiger partial charge >= 0.3 is 0 Å². The Hall–Kier alpha value is -2.15. The Kier molecular flexibility index (Phi) is 5.54. The van der Waals surface area contributed by atoms with Crippen LogP contribution in [0.1, 0.15) is 43.0 Å². The molecule has 1 amide bonds. The summed E-state index contributed by atoms with van der Waals surface area (Å²) in [6.07, 6.45) is 0. The molecule has 1 heterocycles. The van der Waals surface area contributed by atoms with Gasteiger partial charge in [0.1, 0.15) is 5.75 Å². The fourth-order valence-corrected chi connectivity index (χ4v) is 2.64. The van der Waals surface area contributed by atoms with Crippen molar-refractivity contribution in [2.45, 2.75) is 33.4 Å². The first kappa shape index (κ1) is 17.2. The fourth-order valence-electron chi connectivity index (χ4n) is 2.37. The predicted octanol–water partition coefficient (Wildman–Crippen LogP) is 3.10. The molecular weight excluding hydrogens is 312 g/mol. The van der Waals surface area contributed by atoms with Gasteiger partial charge in [-0.25, -0.2) is 0 Å². The van der Waals surface area contributed by atoms with Gasteiger partial charge in [0.2, 0.25) is 0 Å². The van der Waals surface area contributed by atoms with Crippen molar-refractivity contribution in [1.29, 1.82) is 0 Å². The number of rotatable bonds is 6. The lowest BCUT2D eigenvalue weighted by Crippen LogP contribution is -2.33. The molecule has 2 rings (SSSR count). The number of nitrogens with zero attached hydrogens (tertiary/aromatic N) is 2. The molecule has 2 aromatic rings. The zero-order valence-electron chi connectivity index (χ0n) is 13.8. The van der Waals surface area contributed by atoms with Crippen molar-refractivity contribution in [2.75, 3.05) is 7.11 Å². The zero-order chi connectivity index (χ0) is 17.0. The van der Waals surface area contributed by atoms with Crippen LogP contribution in [0.4, 0.5) is 0 Å². The smallest absolute Gasteiger partial charge is 0.251 e. The Bertz CT molecular complexity index is 718. The summed E-state index contributed by atoms with van der Waals surface area (Å²) in [6.45, 7) is 6.77. The van der Waals surface area contributed by atoms with Gasteiger partial charge in [-0.2, -0.15) is 5.10 Å². The average molecular weight is 334 g/mol. The highest BCUT2D eigenvalue weighted by Crippen LogP contribution is 2.21. The van der Waals surface area contributed by atoms with E-state index >= 15 is 0 Å². The number of amides is 1. The summed E-state index contributed by atoms with van der Waals surface area (Å²) in [5.41, 5.74) is 0.577. The second-order valence-corrected chi connectivity index (χ2v) is 5.94. The highest BCUT2D eigenvalue weighted by molar-refractivity contribution is 7.71. The second-order valence-electron chi connectivity index (χ2n) is 5.55. The van der Waals surface area contributed by atoms with Gasteiger partial charge in [0.15, 0.2) is 10.6 Å². The van der Waals surface area contributed by atoms with E-state index in [0.29, 0.717) is 22.6 Å². The van der Waals surface area contributed by atoms with Gasteiger partial charge in [-0.05, 0) is 49.3 Å². The van der Waals surface area contributed by atoms with Gasteiger partial charge in [0, 0.05) is 12.1 Å². The summed E-state index contributed by atoms with van der Waals surface area (Å²) in [5, 5.41) is 10.1. The van der Waals surface area contributed by atoms with Crippen LogP contribution < -0.4 is 10.1 Å². The lowest BCUT2D eigenvalue weighted by molar-refractivity contribution is 0.0922. The van der Waals surface area contributed by atoms with E-state index in [0.717, 1.165) is 5.82 Å². The van der Waals surface area contributed by atoms with Crippen LogP contribution in [-0.2, 0) is 6.54 Å². The van der Waals surface area contributed by atoms with E-state index in [2.05, 4.69) is 15.5 Å². The standard InChI is InChI=1S/C16H22N4O2S/c1-5-20-14(18-19-16(20)23)13(10(2)3)17-15(21)11-6-8-12(22-4)9-7-11/h6-10,13H,5H2,1-4H3,(H,17,21)(H,19,23)/t13-/m0/s1. The maximum Gasteiger partial charge on any atom is 0.251 e. The highest BCUT2D eigenvalue weighted by Gasteiger charge is 2.24. The third kappa shape index (κ3) is 3.79. The average Bonchev–Trinajstić information content (AvgIpc) is 2.92. The molecule has 2 N–H and O–H groups in total. The summed E-state index contributed by atoms with van der Waals surface area (Å²) in [7, 11) is 1.59. The number of methoxy groups -OCH3 is 1. The Morgan fingerprint density at radius 3 is 2.57 bits per heavy atom. The molecule has 0 aliphatic rings. The number of carbonyl (C=O) groups excluding carboxylic acids is 1. The van der Waals surface area contributed by atoms with Crippen LogP contribution in [0.25, 0.3) is 0 Å². The van der Waals surface area contributed by atoms with Crippen LogP contribution in [0, 0.1) is 10.7 Å². The lowest BCUT2D eigenvalue weighted by Gasteiger charge is -2.22. The largest absolute Gasteiger partial charge is 0.497 e. The van der Waals surface area contributed by atoms with Crippen molar-refractivity contribution >= 4 is 18.1 Å². The number of nitrogens with one attached hydrogen (secondary N) is 2. The lowest BCUT2D eigenvalue weighted by atomic mass is 10.0. The molecule has 7 heteroatoms. The highest BCUT2D eigenvalue weighted by atomic mass is 32.1. The Balaban J connectivity index is 2.25. The van der Waals surface area contributed by atoms with Crippen molar-refractivity contribution in [3.05, 3.63) is 40.4 Å². The molecule has 0 radical (unpaired) electrons. The van der Waals surface area contributed by atoms with E-state index in [1.165, 1.54) is 0 Å². The van der Waals surface area contributed by atoms with Crippen LogP contribution >= 0.6 is 12.2 Å². The summed E-state index contributed by atoms with van der Waals surface area (Å²) < 4.78 is 7.57. The van der Waals surface area contributed by atoms with Gasteiger partial charge < -0.3 is 14.6 Å². The molecule has 124 valence electrons. The van der Waals surface area contributed by atoms with Crippen LogP contribution in [0.15, 0.2) is 24.3 Å². The minimum absolute atomic E-state index is 0.150. The van der Waals surface area contributed by atoms with Crippen molar-refractivity contribution in [2.24, 2.45) is 5.92 Å². The number of carbonyl (C=O) groups is 1.